The van der Waals surface area contributed by atoms with Gasteiger partial charge in [-0.15, -0.1) is 0 Å². The van der Waals surface area contributed by atoms with E-state index in [9.17, 15) is 9.59 Å². The Bertz CT molecular complexity index is 499. The van der Waals surface area contributed by atoms with Crippen molar-refractivity contribution in [3.05, 3.63) is 22.7 Å². The molecule has 0 atom stereocenters. The molecule has 0 saturated heterocycles. The van der Waals surface area contributed by atoms with E-state index in [-0.39, 0.29) is 12.3 Å². The second-order valence-corrected chi connectivity index (χ2v) is 5.67. The van der Waals surface area contributed by atoms with Crippen molar-refractivity contribution in [1.82, 2.24) is 0 Å². The van der Waals surface area contributed by atoms with Gasteiger partial charge in [-0.05, 0) is 32.0 Å². The van der Waals surface area contributed by atoms with Gasteiger partial charge in [0.25, 0.3) is 0 Å². The minimum absolute atomic E-state index is 0.113. The van der Waals surface area contributed by atoms with Crippen LogP contribution in [0.3, 0.4) is 0 Å². The molecule has 19 heavy (non-hydrogen) atoms. The van der Waals surface area contributed by atoms with Crippen molar-refractivity contribution in [2.75, 3.05) is 12.4 Å². The molecule has 0 saturated carbocycles. The number of nitrogens with one attached hydrogen (secondary N) is 1. The second-order valence-electron chi connectivity index (χ2n) is 4.76. The standard InChI is InChI=1S/C13H16BrNO4/c1-13(2,12(17)18)7-11(16)15-9-6-8(14)4-5-10(9)19-3/h4-6H,7H2,1-3H3,(H,15,16)(H,17,18). The Morgan fingerprint density at radius 1 is 1.42 bits per heavy atom. The molecular formula is C13H16BrNO4. The summed E-state index contributed by atoms with van der Waals surface area (Å²) in [5, 5.41) is 11.6. The Morgan fingerprint density at radius 3 is 2.58 bits per heavy atom. The zero-order valence-electron chi connectivity index (χ0n) is 11.0. The van der Waals surface area contributed by atoms with Crippen LogP contribution in [0.15, 0.2) is 22.7 Å². The van der Waals surface area contributed by atoms with Crippen LogP contribution >= 0.6 is 15.9 Å². The number of halogens is 1. The van der Waals surface area contributed by atoms with Gasteiger partial charge in [0.05, 0.1) is 18.2 Å². The number of hydrogen-bond acceptors (Lipinski definition) is 3. The molecule has 2 N–H and O–H groups in total. The molecule has 0 radical (unpaired) electrons. The molecule has 1 rings (SSSR count). The molecule has 6 heteroatoms. The number of carbonyl (C=O) groups is 2. The van der Waals surface area contributed by atoms with Gasteiger partial charge in [-0.1, -0.05) is 15.9 Å². The molecule has 0 aliphatic heterocycles. The largest absolute Gasteiger partial charge is 0.495 e. The van der Waals surface area contributed by atoms with E-state index < -0.39 is 11.4 Å². The molecule has 1 aromatic rings. The molecule has 5 nitrogen and oxygen atoms in total. The topological polar surface area (TPSA) is 75.6 Å². The van der Waals surface area contributed by atoms with Gasteiger partial charge in [0.1, 0.15) is 5.75 Å². The third kappa shape index (κ3) is 4.24. The minimum atomic E-state index is -1.11. The summed E-state index contributed by atoms with van der Waals surface area (Å²) in [5.74, 6) is -0.864. The van der Waals surface area contributed by atoms with Crippen molar-refractivity contribution in [2.24, 2.45) is 5.41 Å². The number of aliphatic carboxylic acids is 1. The highest BCUT2D eigenvalue weighted by Gasteiger charge is 2.30. The number of benzene rings is 1. The van der Waals surface area contributed by atoms with Gasteiger partial charge in [-0.3, -0.25) is 9.59 Å². The van der Waals surface area contributed by atoms with E-state index in [0.29, 0.717) is 11.4 Å². The van der Waals surface area contributed by atoms with Crippen molar-refractivity contribution in [3.8, 4) is 5.75 Å². The lowest BCUT2D eigenvalue weighted by molar-refractivity contribution is -0.148. The molecule has 104 valence electrons. The molecular weight excluding hydrogens is 314 g/mol. The highest BCUT2D eigenvalue weighted by molar-refractivity contribution is 9.10. The fourth-order valence-electron chi connectivity index (χ4n) is 1.45. The molecule has 0 bridgehead atoms. The number of hydrogen-bond donors (Lipinski definition) is 2. The number of carbonyl (C=O) groups excluding carboxylic acids is 1. The Labute approximate surface area is 120 Å². The van der Waals surface area contributed by atoms with Crippen LogP contribution in [0.5, 0.6) is 5.75 Å². The maximum atomic E-state index is 11.9. The average Bonchev–Trinajstić information content (AvgIpc) is 2.28. The molecule has 1 aromatic carbocycles. The van der Waals surface area contributed by atoms with Gasteiger partial charge in [0.15, 0.2) is 0 Å². The lowest BCUT2D eigenvalue weighted by Gasteiger charge is -2.18. The van der Waals surface area contributed by atoms with E-state index in [4.69, 9.17) is 9.84 Å². The third-order valence-corrected chi connectivity index (χ3v) is 3.11. The van der Waals surface area contributed by atoms with Gasteiger partial charge >= 0.3 is 5.97 Å². The monoisotopic (exact) mass is 329 g/mol. The minimum Gasteiger partial charge on any atom is -0.495 e. The number of methoxy groups -OCH3 is 1. The van der Waals surface area contributed by atoms with Crippen molar-refractivity contribution in [2.45, 2.75) is 20.3 Å². The van der Waals surface area contributed by atoms with Gasteiger partial charge < -0.3 is 15.2 Å². The van der Waals surface area contributed by atoms with E-state index in [1.165, 1.54) is 21.0 Å². The summed E-state index contributed by atoms with van der Waals surface area (Å²) in [7, 11) is 1.50. The number of anilines is 1. The van der Waals surface area contributed by atoms with Crippen molar-refractivity contribution >= 4 is 33.5 Å². The number of ether oxygens (including phenoxy) is 1. The molecule has 0 heterocycles. The maximum Gasteiger partial charge on any atom is 0.309 e. The lowest BCUT2D eigenvalue weighted by Crippen LogP contribution is -2.29. The van der Waals surface area contributed by atoms with Crippen LogP contribution in [0.1, 0.15) is 20.3 Å². The molecule has 0 unspecified atom stereocenters. The molecule has 0 spiro atoms. The number of carboxylic acids is 1. The Hall–Kier alpha value is -1.56. The fourth-order valence-corrected chi connectivity index (χ4v) is 1.81. The lowest BCUT2D eigenvalue weighted by atomic mass is 9.89. The molecule has 1 amide bonds. The Balaban J connectivity index is 2.83. The van der Waals surface area contributed by atoms with Crippen molar-refractivity contribution in [1.29, 1.82) is 0 Å². The number of carboxylic acid groups (broad SMARTS) is 1. The predicted octanol–water partition coefficient (Wildman–Crippen LogP) is 2.90. The third-order valence-electron chi connectivity index (χ3n) is 2.62. The summed E-state index contributed by atoms with van der Waals surface area (Å²) in [5.41, 5.74) is -0.605. The quantitative estimate of drug-likeness (QED) is 0.870. The van der Waals surface area contributed by atoms with Gasteiger partial charge in [-0.25, -0.2) is 0 Å². The van der Waals surface area contributed by atoms with Gasteiger partial charge in [0.2, 0.25) is 5.91 Å². The van der Waals surface area contributed by atoms with Crippen LogP contribution in [-0.2, 0) is 9.59 Å². The summed E-state index contributed by atoms with van der Waals surface area (Å²) in [4.78, 5) is 22.8. The van der Waals surface area contributed by atoms with Crippen LogP contribution < -0.4 is 10.1 Å². The molecule has 0 aromatic heterocycles. The first-order chi connectivity index (χ1) is 8.76. The van der Waals surface area contributed by atoms with E-state index in [2.05, 4.69) is 21.2 Å². The van der Waals surface area contributed by atoms with Gasteiger partial charge in [-0.2, -0.15) is 0 Å². The highest BCUT2D eigenvalue weighted by atomic mass is 79.9. The van der Waals surface area contributed by atoms with Crippen LogP contribution in [0.25, 0.3) is 0 Å². The zero-order valence-corrected chi connectivity index (χ0v) is 12.6. The van der Waals surface area contributed by atoms with Crippen molar-refractivity contribution < 1.29 is 19.4 Å². The van der Waals surface area contributed by atoms with Crippen LogP contribution in [0, 0.1) is 5.41 Å². The highest BCUT2D eigenvalue weighted by Crippen LogP contribution is 2.29. The SMILES string of the molecule is COc1ccc(Br)cc1NC(=O)CC(C)(C)C(=O)O. The van der Waals surface area contributed by atoms with E-state index in [1.807, 2.05) is 0 Å². The van der Waals surface area contributed by atoms with E-state index >= 15 is 0 Å². The van der Waals surface area contributed by atoms with Crippen LogP contribution in [-0.4, -0.2) is 24.1 Å². The molecule has 0 fully saturated rings. The summed E-state index contributed by atoms with van der Waals surface area (Å²) < 4.78 is 5.92. The second kappa shape index (κ2) is 6.06. The number of amides is 1. The fraction of sp³-hybridized carbons (Fsp3) is 0.385. The molecule has 0 aliphatic carbocycles. The van der Waals surface area contributed by atoms with E-state index in [0.717, 1.165) is 4.47 Å². The van der Waals surface area contributed by atoms with E-state index in [1.54, 1.807) is 18.2 Å². The Morgan fingerprint density at radius 2 is 2.05 bits per heavy atom. The smallest absolute Gasteiger partial charge is 0.309 e. The summed E-state index contributed by atoms with van der Waals surface area (Å²) >= 11 is 3.30. The average molecular weight is 330 g/mol. The van der Waals surface area contributed by atoms with Crippen molar-refractivity contribution in [3.63, 3.8) is 0 Å². The first-order valence-electron chi connectivity index (χ1n) is 5.63. The first kappa shape index (κ1) is 15.5. The Kier molecular flexibility index (Phi) is 4.94. The van der Waals surface area contributed by atoms with Gasteiger partial charge in [0, 0.05) is 10.9 Å². The first-order valence-corrected chi connectivity index (χ1v) is 6.42. The normalized spacial score (nSPS) is 10.9. The number of rotatable bonds is 5. The maximum absolute atomic E-state index is 11.9. The van der Waals surface area contributed by atoms with Crippen LogP contribution in [0.2, 0.25) is 0 Å². The summed E-state index contributed by atoms with van der Waals surface area (Å²) in [6.45, 7) is 3.01. The van der Waals surface area contributed by atoms with Crippen LogP contribution in [0.4, 0.5) is 5.69 Å². The summed E-state index contributed by atoms with van der Waals surface area (Å²) in [6.07, 6.45) is -0.113. The molecule has 0 aliphatic rings. The summed E-state index contributed by atoms with van der Waals surface area (Å²) in [6, 6.07) is 5.20. The predicted molar refractivity (Wildman–Crippen MR) is 75.4 cm³/mol. The zero-order chi connectivity index (χ0) is 14.6.